The SMILES string of the molecule is COCCN1CCN(CCn2ccc(N)n2)CC1. The minimum atomic E-state index is 0.597. The lowest BCUT2D eigenvalue weighted by Gasteiger charge is -2.34. The summed E-state index contributed by atoms with van der Waals surface area (Å²) >= 11 is 0. The zero-order valence-corrected chi connectivity index (χ0v) is 11.1. The molecule has 1 aliphatic rings. The van der Waals surface area contributed by atoms with Gasteiger partial charge in [0.2, 0.25) is 0 Å². The molecule has 1 aromatic heterocycles. The number of methoxy groups -OCH3 is 1. The summed E-state index contributed by atoms with van der Waals surface area (Å²) in [6.07, 6.45) is 1.93. The fourth-order valence-corrected chi connectivity index (χ4v) is 2.20. The fraction of sp³-hybridized carbons (Fsp3) is 0.750. The summed E-state index contributed by atoms with van der Waals surface area (Å²) in [7, 11) is 1.76. The highest BCUT2D eigenvalue weighted by molar-refractivity contribution is 5.23. The van der Waals surface area contributed by atoms with Crippen LogP contribution in [0.5, 0.6) is 0 Å². The zero-order valence-electron chi connectivity index (χ0n) is 11.1. The molecule has 0 aromatic carbocycles. The van der Waals surface area contributed by atoms with E-state index < -0.39 is 0 Å². The molecule has 0 aliphatic carbocycles. The van der Waals surface area contributed by atoms with E-state index >= 15 is 0 Å². The number of nitrogens with zero attached hydrogens (tertiary/aromatic N) is 4. The van der Waals surface area contributed by atoms with Gasteiger partial charge in [0.1, 0.15) is 5.82 Å². The molecule has 0 bridgehead atoms. The van der Waals surface area contributed by atoms with Crippen LogP contribution in [0.4, 0.5) is 5.82 Å². The van der Waals surface area contributed by atoms with Gasteiger partial charge in [-0.2, -0.15) is 5.10 Å². The quantitative estimate of drug-likeness (QED) is 0.756. The second-order valence-electron chi connectivity index (χ2n) is 4.68. The Morgan fingerprint density at radius 3 is 2.39 bits per heavy atom. The van der Waals surface area contributed by atoms with Crippen LogP contribution in [0.3, 0.4) is 0 Å². The van der Waals surface area contributed by atoms with Gasteiger partial charge in [0.05, 0.1) is 13.2 Å². The fourth-order valence-electron chi connectivity index (χ4n) is 2.20. The van der Waals surface area contributed by atoms with Gasteiger partial charge in [0.15, 0.2) is 0 Å². The minimum absolute atomic E-state index is 0.597. The first kappa shape index (κ1) is 13.3. The van der Waals surface area contributed by atoms with Crippen LogP contribution in [-0.4, -0.2) is 72.6 Å². The Balaban J connectivity index is 1.64. The van der Waals surface area contributed by atoms with Crippen LogP contribution in [0.1, 0.15) is 0 Å². The number of hydrogen-bond donors (Lipinski definition) is 1. The molecular weight excluding hydrogens is 230 g/mol. The van der Waals surface area contributed by atoms with Gasteiger partial charge < -0.3 is 10.5 Å². The molecule has 2 heterocycles. The number of anilines is 1. The molecule has 18 heavy (non-hydrogen) atoms. The van der Waals surface area contributed by atoms with Crippen molar-refractivity contribution < 1.29 is 4.74 Å². The van der Waals surface area contributed by atoms with Gasteiger partial charge in [-0.05, 0) is 6.07 Å². The molecule has 1 fully saturated rings. The van der Waals surface area contributed by atoms with E-state index in [-0.39, 0.29) is 0 Å². The second kappa shape index (κ2) is 6.72. The molecule has 1 aromatic rings. The number of nitrogen functional groups attached to an aromatic ring is 1. The van der Waals surface area contributed by atoms with Crippen molar-refractivity contribution in [1.82, 2.24) is 19.6 Å². The second-order valence-corrected chi connectivity index (χ2v) is 4.68. The lowest BCUT2D eigenvalue weighted by Crippen LogP contribution is -2.47. The van der Waals surface area contributed by atoms with E-state index in [4.69, 9.17) is 10.5 Å². The molecule has 0 spiro atoms. The summed E-state index contributed by atoms with van der Waals surface area (Å²) in [4.78, 5) is 4.92. The summed E-state index contributed by atoms with van der Waals surface area (Å²) in [5.74, 6) is 0.597. The Bertz CT molecular complexity index is 346. The molecule has 102 valence electrons. The van der Waals surface area contributed by atoms with Gasteiger partial charge in [0.25, 0.3) is 0 Å². The molecule has 0 radical (unpaired) electrons. The van der Waals surface area contributed by atoms with Crippen molar-refractivity contribution in [2.45, 2.75) is 6.54 Å². The predicted octanol–water partition coefficient (Wildman–Crippen LogP) is -0.271. The minimum Gasteiger partial charge on any atom is -0.383 e. The summed E-state index contributed by atoms with van der Waals surface area (Å²) in [6, 6.07) is 1.84. The molecule has 1 saturated heterocycles. The van der Waals surface area contributed by atoms with Crippen molar-refractivity contribution in [1.29, 1.82) is 0 Å². The molecule has 2 rings (SSSR count). The molecule has 0 amide bonds. The molecule has 6 nitrogen and oxygen atoms in total. The van der Waals surface area contributed by atoms with E-state index in [0.717, 1.165) is 52.4 Å². The number of nitrogens with two attached hydrogens (primary N) is 1. The van der Waals surface area contributed by atoms with E-state index in [1.165, 1.54) is 0 Å². The van der Waals surface area contributed by atoms with E-state index in [1.54, 1.807) is 7.11 Å². The van der Waals surface area contributed by atoms with Crippen LogP contribution in [0.25, 0.3) is 0 Å². The molecule has 1 aliphatic heterocycles. The molecule has 0 saturated carbocycles. The summed E-state index contributed by atoms with van der Waals surface area (Å²) in [5.41, 5.74) is 5.59. The number of piperazine rings is 1. The van der Waals surface area contributed by atoms with Crippen molar-refractivity contribution in [3.05, 3.63) is 12.3 Å². The monoisotopic (exact) mass is 253 g/mol. The third kappa shape index (κ3) is 3.97. The topological polar surface area (TPSA) is 59.5 Å². The lowest BCUT2D eigenvalue weighted by atomic mass is 10.3. The number of hydrogen-bond acceptors (Lipinski definition) is 5. The third-order valence-corrected chi connectivity index (χ3v) is 3.38. The smallest absolute Gasteiger partial charge is 0.145 e. The Morgan fingerprint density at radius 1 is 1.17 bits per heavy atom. The maximum Gasteiger partial charge on any atom is 0.145 e. The molecule has 0 unspecified atom stereocenters. The van der Waals surface area contributed by atoms with Crippen LogP contribution in [0.2, 0.25) is 0 Å². The van der Waals surface area contributed by atoms with Crippen molar-refractivity contribution in [3.8, 4) is 0 Å². The van der Waals surface area contributed by atoms with Gasteiger partial charge >= 0.3 is 0 Å². The predicted molar refractivity (Wildman–Crippen MR) is 71.4 cm³/mol. The maximum atomic E-state index is 5.59. The lowest BCUT2D eigenvalue weighted by molar-refractivity contribution is 0.0949. The van der Waals surface area contributed by atoms with Gasteiger partial charge in [0, 0.05) is 52.6 Å². The largest absolute Gasteiger partial charge is 0.383 e. The van der Waals surface area contributed by atoms with Crippen LogP contribution < -0.4 is 5.73 Å². The van der Waals surface area contributed by atoms with Gasteiger partial charge in [-0.25, -0.2) is 0 Å². The van der Waals surface area contributed by atoms with Crippen molar-refractivity contribution in [2.75, 3.05) is 58.7 Å². The van der Waals surface area contributed by atoms with E-state index in [9.17, 15) is 0 Å². The van der Waals surface area contributed by atoms with Crippen LogP contribution in [-0.2, 0) is 11.3 Å². The highest BCUT2D eigenvalue weighted by atomic mass is 16.5. The number of ether oxygens (including phenoxy) is 1. The standard InChI is InChI=1S/C12H23N5O/c1-18-11-10-16-6-4-15(5-7-16)8-9-17-3-2-12(13)14-17/h2-3H,4-11H2,1H3,(H2,13,14). The summed E-state index contributed by atoms with van der Waals surface area (Å²) < 4.78 is 7.01. The van der Waals surface area contributed by atoms with E-state index in [2.05, 4.69) is 14.9 Å². The Morgan fingerprint density at radius 2 is 1.83 bits per heavy atom. The van der Waals surface area contributed by atoms with Crippen LogP contribution >= 0.6 is 0 Å². The van der Waals surface area contributed by atoms with Gasteiger partial charge in [-0.15, -0.1) is 0 Å². The average molecular weight is 253 g/mol. The third-order valence-electron chi connectivity index (χ3n) is 3.38. The van der Waals surface area contributed by atoms with Gasteiger partial charge in [-0.1, -0.05) is 0 Å². The number of aromatic nitrogens is 2. The Hall–Kier alpha value is -1.11. The zero-order chi connectivity index (χ0) is 12.8. The van der Waals surface area contributed by atoms with Crippen molar-refractivity contribution >= 4 is 5.82 Å². The summed E-state index contributed by atoms with van der Waals surface area (Å²) in [5, 5.41) is 4.19. The van der Waals surface area contributed by atoms with Crippen molar-refractivity contribution in [2.24, 2.45) is 0 Å². The van der Waals surface area contributed by atoms with E-state index in [1.807, 2.05) is 16.9 Å². The molecule has 6 heteroatoms. The first-order valence-electron chi connectivity index (χ1n) is 6.50. The number of rotatable bonds is 6. The van der Waals surface area contributed by atoms with Crippen molar-refractivity contribution in [3.63, 3.8) is 0 Å². The molecular formula is C12H23N5O. The van der Waals surface area contributed by atoms with Crippen LogP contribution in [0.15, 0.2) is 12.3 Å². The normalized spacial score (nSPS) is 18.3. The Labute approximate surface area is 108 Å². The van der Waals surface area contributed by atoms with E-state index in [0.29, 0.717) is 5.82 Å². The maximum absolute atomic E-state index is 5.59. The van der Waals surface area contributed by atoms with Gasteiger partial charge in [-0.3, -0.25) is 14.5 Å². The highest BCUT2D eigenvalue weighted by Crippen LogP contribution is 2.02. The first-order valence-corrected chi connectivity index (χ1v) is 6.50. The first-order chi connectivity index (χ1) is 8.78. The summed E-state index contributed by atoms with van der Waals surface area (Å²) in [6.45, 7) is 8.33. The highest BCUT2D eigenvalue weighted by Gasteiger charge is 2.15. The van der Waals surface area contributed by atoms with Crippen LogP contribution in [0, 0.1) is 0 Å². The molecule has 2 N–H and O–H groups in total. The Kier molecular flexibility index (Phi) is 4.98. The average Bonchev–Trinajstić information content (AvgIpc) is 2.81. The molecule has 0 atom stereocenters.